The van der Waals surface area contributed by atoms with Crippen molar-refractivity contribution >= 4 is 33.0 Å². The minimum Gasteiger partial charge on any atom is -0.462 e. The molecule has 5 atom stereocenters. The summed E-state index contributed by atoms with van der Waals surface area (Å²) < 4.78 is 44.1. The third kappa shape index (κ3) is 6.61. The molecule has 2 aromatic carbocycles. The average Bonchev–Trinajstić information content (AvgIpc) is 2.81. The van der Waals surface area contributed by atoms with Crippen LogP contribution in [0, 0.1) is 0 Å². The Morgan fingerprint density at radius 1 is 1.03 bits per heavy atom. The molecule has 3 rings (SSSR count). The normalized spacial score (nSPS) is 24.9. The highest BCUT2D eigenvalue weighted by Gasteiger charge is 2.46. The van der Waals surface area contributed by atoms with Gasteiger partial charge in [0.2, 0.25) is 16.3 Å². The van der Waals surface area contributed by atoms with E-state index in [1.807, 2.05) is 0 Å². The van der Waals surface area contributed by atoms with E-state index in [9.17, 15) is 18.6 Å². The molecule has 2 aromatic rings. The van der Waals surface area contributed by atoms with Crippen molar-refractivity contribution in [3.8, 4) is 5.75 Å². The van der Waals surface area contributed by atoms with Gasteiger partial charge in [0.1, 0.15) is 24.1 Å². The first-order chi connectivity index (χ1) is 16.1. The Balaban J connectivity index is 1.52. The predicted octanol–water partition coefficient (Wildman–Crippen LogP) is 0.265. The lowest BCUT2D eigenvalue weighted by Gasteiger charge is -2.40. The molecule has 1 fully saturated rings. The Kier molecular flexibility index (Phi) is 8.78. The first-order valence-electron chi connectivity index (χ1n) is 10.1. The second-order valence-electron chi connectivity index (χ2n) is 7.43. The lowest BCUT2D eigenvalue weighted by atomic mass is 10.0. The number of methoxy groups -OCH3 is 2. The molecule has 11 nitrogen and oxygen atoms in total. The molecule has 1 aliphatic rings. The van der Waals surface area contributed by atoms with Crippen LogP contribution in [-0.2, 0) is 30.8 Å². The molecule has 186 valence electrons. The molecule has 1 heterocycles. The summed E-state index contributed by atoms with van der Waals surface area (Å²) in [5, 5.41) is 32.0. The molecule has 1 aliphatic heterocycles. The number of ether oxygens (including phenoxy) is 4. The van der Waals surface area contributed by atoms with Crippen molar-refractivity contribution in [3.05, 3.63) is 54.1 Å². The van der Waals surface area contributed by atoms with Crippen molar-refractivity contribution in [2.24, 2.45) is 5.14 Å². The number of hydrogen-bond donors (Lipinski definition) is 5. The van der Waals surface area contributed by atoms with E-state index >= 15 is 0 Å². The van der Waals surface area contributed by atoms with Gasteiger partial charge in [0.25, 0.3) is 0 Å². The third-order valence-electron chi connectivity index (χ3n) is 5.07. The fourth-order valence-corrected chi connectivity index (χ4v) is 3.99. The zero-order valence-electron chi connectivity index (χ0n) is 18.5. The molecular weight excluding hydrogens is 486 g/mol. The number of aliphatic hydroxyl groups is 2. The van der Waals surface area contributed by atoms with Gasteiger partial charge in [0.15, 0.2) is 11.4 Å². The molecule has 34 heavy (non-hydrogen) atoms. The Hall–Kier alpha value is -2.36. The Bertz CT molecular complexity index is 1070. The first kappa shape index (κ1) is 26.2. The number of benzene rings is 2. The fourth-order valence-electron chi connectivity index (χ4n) is 3.28. The Morgan fingerprint density at radius 3 is 2.21 bits per heavy atom. The molecular formula is C21H27N3O8S2. The second kappa shape index (κ2) is 11.4. The summed E-state index contributed by atoms with van der Waals surface area (Å²) in [7, 11) is -1.00. The van der Waals surface area contributed by atoms with Gasteiger partial charge in [-0.2, -0.15) is 0 Å². The topological polar surface area (TPSA) is 162 Å². The van der Waals surface area contributed by atoms with Gasteiger partial charge < -0.3 is 39.8 Å². The van der Waals surface area contributed by atoms with Crippen molar-refractivity contribution < 1.29 is 37.6 Å². The summed E-state index contributed by atoms with van der Waals surface area (Å²) in [4.78, 5) is 0.0389. The molecule has 13 heteroatoms. The zero-order valence-corrected chi connectivity index (χ0v) is 20.1. The molecule has 6 N–H and O–H groups in total. The van der Waals surface area contributed by atoms with Crippen LogP contribution in [0.1, 0.15) is 5.56 Å². The van der Waals surface area contributed by atoms with Gasteiger partial charge in [-0.05, 0) is 54.2 Å². The number of primary sulfonamides is 1. The van der Waals surface area contributed by atoms with Crippen molar-refractivity contribution in [2.45, 2.75) is 42.3 Å². The van der Waals surface area contributed by atoms with Crippen molar-refractivity contribution in [2.75, 3.05) is 19.5 Å². The van der Waals surface area contributed by atoms with Crippen LogP contribution in [0.25, 0.3) is 0 Å². The zero-order chi connectivity index (χ0) is 24.9. The highest BCUT2D eigenvalue weighted by molar-refractivity contribution is 7.89. The lowest BCUT2D eigenvalue weighted by molar-refractivity contribution is -0.330. The summed E-state index contributed by atoms with van der Waals surface area (Å²) in [6.45, 7) is 0.377. The SMILES string of the molecule is CO[C@H]1O[C@@H](Oc2ccc(NC(=S)NCc3ccc(S(N)(=O)=O)cc3)cc2)[C@H](O)[C@@H](OC)[C@@H]1O. The molecule has 0 saturated carbocycles. The van der Waals surface area contributed by atoms with Gasteiger partial charge in [0.05, 0.1) is 4.90 Å². The molecule has 0 aromatic heterocycles. The number of aliphatic hydroxyl groups excluding tert-OH is 2. The van der Waals surface area contributed by atoms with E-state index in [1.165, 1.54) is 26.4 Å². The minimum atomic E-state index is -3.73. The van der Waals surface area contributed by atoms with Crippen LogP contribution in [0.3, 0.4) is 0 Å². The van der Waals surface area contributed by atoms with E-state index in [2.05, 4.69) is 10.6 Å². The van der Waals surface area contributed by atoms with Gasteiger partial charge in [-0.1, -0.05) is 12.1 Å². The van der Waals surface area contributed by atoms with E-state index in [0.717, 1.165) is 5.56 Å². The van der Waals surface area contributed by atoms with E-state index in [0.29, 0.717) is 23.1 Å². The van der Waals surface area contributed by atoms with Crippen LogP contribution >= 0.6 is 12.2 Å². The molecule has 0 amide bonds. The third-order valence-corrected chi connectivity index (χ3v) is 6.25. The number of anilines is 1. The van der Waals surface area contributed by atoms with Gasteiger partial charge >= 0.3 is 0 Å². The van der Waals surface area contributed by atoms with Crippen LogP contribution in [0.4, 0.5) is 5.69 Å². The average molecular weight is 514 g/mol. The first-order valence-corrected chi connectivity index (χ1v) is 12.1. The van der Waals surface area contributed by atoms with Crippen molar-refractivity contribution in [3.63, 3.8) is 0 Å². The van der Waals surface area contributed by atoms with E-state index in [4.69, 9.17) is 36.3 Å². The molecule has 0 spiro atoms. The van der Waals surface area contributed by atoms with E-state index in [1.54, 1.807) is 36.4 Å². The molecule has 0 aliphatic carbocycles. The number of nitrogens with one attached hydrogen (secondary N) is 2. The molecule has 0 unspecified atom stereocenters. The van der Waals surface area contributed by atoms with Crippen molar-refractivity contribution in [1.82, 2.24) is 5.32 Å². The second-order valence-corrected chi connectivity index (χ2v) is 9.40. The largest absolute Gasteiger partial charge is 0.462 e. The highest BCUT2D eigenvalue weighted by atomic mass is 32.2. The van der Waals surface area contributed by atoms with Gasteiger partial charge in [-0.3, -0.25) is 0 Å². The van der Waals surface area contributed by atoms with Crippen LogP contribution in [0.15, 0.2) is 53.4 Å². The number of sulfonamides is 1. The van der Waals surface area contributed by atoms with Crippen LogP contribution in [0.5, 0.6) is 5.75 Å². The summed E-state index contributed by atoms with van der Waals surface area (Å²) in [6, 6.07) is 12.9. The van der Waals surface area contributed by atoms with Gasteiger partial charge in [0, 0.05) is 26.5 Å². The van der Waals surface area contributed by atoms with E-state index < -0.39 is 40.9 Å². The van der Waals surface area contributed by atoms with Crippen LogP contribution in [-0.4, -0.2) is 68.9 Å². The summed E-state index contributed by atoms with van der Waals surface area (Å²) in [5.74, 6) is 0.407. The monoisotopic (exact) mass is 513 g/mol. The van der Waals surface area contributed by atoms with Gasteiger partial charge in [-0.25, -0.2) is 13.6 Å². The number of hydrogen-bond acceptors (Lipinski definition) is 9. The maximum atomic E-state index is 11.3. The molecule has 0 bridgehead atoms. The van der Waals surface area contributed by atoms with E-state index in [-0.39, 0.29) is 4.90 Å². The smallest absolute Gasteiger partial charge is 0.238 e. The van der Waals surface area contributed by atoms with Crippen LogP contribution in [0.2, 0.25) is 0 Å². The predicted molar refractivity (Wildman–Crippen MR) is 126 cm³/mol. The van der Waals surface area contributed by atoms with Crippen LogP contribution < -0.4 is 20.5 Å². The summed E-state index contributed by atoms with van der Waals surface area (Å²) in [5.41, 5.74) is 1.50. The minimum absolute atomic E-state index is 0.0389. The highest BCUT2D eigenvalue weighted by Crippen LogP contribution is 2.26. The maximum Gasteiger partial charge on any atom is 0.238 e. The van der Waals surface area contributed by atoms with Gasteiger partial charge in [-0.15, -0.1) is 0 Å². The maximum absolute atomic E-state index is 11.3. The quantitative estimate of drug-likeness (QED) is 0.308. The summed E-state index contributed by atoms with van der Waals surface area (Å²) in [6.07, 6.45) is -5.47. The standard InChI is InChI=1S/C21H27N3O8S2/c1-29-18-16(25)19(30-2)32-20(17(18)26)31-14-7-5-13(6-8-14)24-21(33)23-11-12-3-9-15(10-4-12)34(22,27)28/h3-10,16-20,25-26H,11H2,1-2H3,(H2,22,27,28)(H2,23,24,33)/t16-,17+,18-,19-,20+/m0/s1. The number of nitrogens with two attached hydrogens (primary N) is 1. The Morgan fingerprint density at radius 2 is 1.65 bits per heavy atom. The Labute approximate surface area is 202 Å². The molecule has 0 radical (unpaired) electrons. The molecule has 1 saturated heterocycles. The fraction of sp³-hybridized carbons (Fsp3) is 0.381. The number of thiocarbonyl (C=S) groups is 1. The lowest BCUT2D eigenvalue weighted by Crippen LogP contribution is -2.60. The summed E-state index contributed by atoms with van der Waals surface area (Å²) >= 11 is 5.29. The van der Waals surface area contributed by atoms with Crippen molar-refractivity contribution in [1.29, 1.82) is 0 Å². The number of rotatable bonds is 8.